The first-order chi connectivity index (χ1) is 11.8. The van der Waals surface area contributed by atoms with E-state index >= 15 is 0 Å². The quantitative estimate of drug-likeness (QED) is 0.891. The van der Waals surface area contributed by atoms with E-state index in [2.05, 4.69) is 20.2 Å². The Morgan fingerprint density at radius 2 is 2.42 bits per heavy atom. The standard InChI is InChI=1S/C17H20N4O2S/c22-16-17(3-6-21(12-17)10-15-19-5-7-24-15)13(8-20-16)11-23-14-2-1-4-18-9-14/h1-2,4-5,7,9,13H,3,6,8,10-12H2,(H,20,22)/t13-,17+/m0/s1. The third-order valence-corrected chi connectivity index (χ3v) is 5.81. The number of likely N-dealkylation sites (tertiary alicyclic amines) is 1. The zero-order valence-electron chi connectivity index (χ0n) is 13.4. The van der Waals surface area contributed by atoms with Crippen molar-refractivity contribution in [3.05, 3.63) is 41.1 Å². The molecule has 6 nitrogen and oxygen atoms in total. The normalized spacial score (nSPS) is 26.8. The first-order valence-corrected chi connectivity index (χ1v) is 9.06. The molecule has 126 valence electrons. The van der Waals surface area contributed by atoms with Crippen LogP contribution < -0.4 is 10.1 Å². The molecule has 1 amide bonds. The third kappa shape index (κ3) is 2.89. The molecular formula is C17H20N4O2S. The van der Waals surface area contributed by atoms with Gasteiger partial charge in [-0.2, -0.15) is 0 Å². The van der Waals surface area contributed by atoms with Crippen LogP contribution in [0, 0.1) is 11.3 Å². The van der Waals surface area contributed by atoms with Crippen molar-refractivity contribution in [1.29, 1.82) is 0 Å². The Balaban J connectivity index is 1.43. The molecule has 0 bridgehead atoms. The van der Waals surface area contributed by atoms with Crippen molar-refractivity contribution in [3.63, 3.8) is 0 Å². The maximum atomic E-state index is 12.5. The summed E-state index contributed by atoms with van der Waals surface area (Å²) in [5.41, 5.74) is -0.334. The lowest BCUT2D eigenvalue weighted by atomic mass is 9.77. The van der Waals surface area contributed by atoms with Gasteiger partial charge in [0.1, 0.15) is 10.8 Å². The predicted molar refractivity (Wildman–Crippen MR) is 90.7 cm³/mol. The molecule has 24 heavy (non-hydrogen) atoms. The summed E-state index contributed by atoms with van der Waals surface area (Å²) in [7, 11) is 0. The molecule has 0 radical (unpaired) electrons. The van der Waals surface area contributed by atoms with Gasteiger partial charge in [0.25, 0.3) is 0 Å². The van der Waals surface area contributed by atoms with E-state index in [1.807, 2.05) is 23.7 Å². The van der Waals surface area contributed by atoms with Gasteiger partial charge in [0.15, 0.2) is 0 Å². The number of amides is 1. The van der Waals surface area contributed by atoms with Crippen LogP contribution in [0.15, 0.2) is 36.1 Å². The van der Waals surface area contributed by atoms with E-state index in [-0.39, 0.29) is 17.2 Å². The highest BCUT2D eigenvalue weighted by Crippen LogP contribution is 2.42. The summed E-state index contributed by atoms with van der Waals surface area (Å²) in [5.74, 6) is 1.11. The number of nitrogens with one attached hydrogen (secondary N) is 1. The van der Waals surface area contributed by atoms with Gasteiger partial charge < -0.3 is 10.1 Å². The molecule has 2 saturated heterocycles. The zero-order valence-corrected chi connectivity index (χ0v) is 14.2. The third-order valence-electron chi connectivity index (χ3n) is 5.05. The summed E-state index contributed by atoms with van der Waals surface area (Å²) in [6, 6.07) is 3.75. The summed E-state index contributed by atoms with van der Waals surface area (Å²) in [5, 5.41) is 6.14. The topological polar surface area (TPSA) is 67.3 Å². The van der Waals surface area contributed by atoms with Crippen LogP contribution in [0.1, 0.15) is 11.4 Å². The Hall–Kier alpha value is -1.99. The van der Waals surface area contributed by atoms with Crippen molar-refractivity contribution < 1.29 is 9.53 Å². The maximum absolute atomic E-state index is 12.5. The molecule has 4 rings (SSSR count). The van der Waals surface area contributed by atoms with Gasteiger partial charge in [-0.1, -0.05) is 0 Å². The number of pyridine rings is 1. The second kappa shape index (κ2) is 6.49. The fourth-order valence-corrected chi connectivity index (χ4v) is 4.37. The van der Waals surface area contributed by atoms with Crippen LogP contribution in [0.5, 0.6) is 5.75 Å². The van der Waals surface area contributed by atoms with Crippen LogP contribution in [0.2, 0.25) is 0 Å². The van der Waals surface area contributed by atoms with E-state index in [9.17, 15) is 4.79 Å². The van der Waals surface area contributed by atoms with E-state index in [1.54, 1.807) is 23.7 Å². The van der Waals surface area contributed by atoms with Crippen LogP contribution in [-0.2, 0) is 11.3 Å². The molecule has 2 fully saturated rings. The van der Waals surface area contributed by atoms with Gasteiger partial charge >= 0.3 is 0 Å². The lowest BCUT2D eigenvalue weighted by Gasteiger charge is -2.28. The molecular weight excluding hydrogens is 324 g/mol. The summed E-state index contributed by atoms with van der Waals surface area (Å²) >= 11 is 1.66. The molecule has 2 aromatic heterocycles. The Bertz CT molecular complexity index is 694. The number of rotatable bonds is 5. The highest BCUT2D eigenvalue weighted by atomic mass is 32.1. The molecule has 7 heteroatoms. The molecule has 2 atom stereocenters. The van der Waals surface area contributed by atoms with Gasteiger partial charge in [-0.05, 0) is 25.1 Å². The SMILES string of the molecule is O=C1NC[C@@H](COc2cccnc2)[C@]12CCN(Cc1nccs1)C2. The summed E-state index contributed by atoms with van der Waals surface area (Å²) < 4.78 is 5.88. The van der Waals surface area contributed by atoms with E-state index in [1.165, 1.54) is 0 Å². The number of carbonyl (C=O) groups is 1. The first kappa shape index (κ1) is 15.5. The molecule has 0 aliphatic carbocycles. The monoisotopic (exact) mass is 344 g/mol. The van der Waals surface area contributed by atoms with Crippen LogP contribution in [0.4, 0.5) is 0 Å². The summed E-state index contributed by atoms with van der Waals surface area (Å²) in [6.45, 7) is 3.75. The number of nitrogens with zero attached hydrogens (tertiary/aromatic N) is 3. The Morgan fingerprint density at radius 1 is 1.46 bits per heavy atom. The fourth-order valence-electron chi connectivity index (χ4n) is 3.71. The van der Waals surface area contributed by atoms with Gasteiger partial charge in [-0.25, -0.2) is 4.98 Å². The average molecular weight is 344 g/mol. The van der Waals surface area contributed by atoms with Gasteiger partial charge in [0, 0.05) is 36.8 Å². The van der Waals surface area contributed by atoms with Gasteiger partial charge in [-0.3, -0.25) is 14.7 Å². The predicted octanol–water partition coefficient (Wildman–Crippen LogP) is 1.56. The Kier molecular flexibility index (Phi) is 4.20. The average Bonchev–Trinajstić information content (AvgIpc) is 3.32. The number of ether oxygens (including phenoxy) is 1. The number of aromatic nitrogens is 2. The van der Waals surface area contributed by atoms with Gasteiger partial charge in [0.05, 0.1) is 24.8 Å². The number of carbonyl (C=O) groups excluding carboxylic acids is 1. The summed E-state index contributed by atoms with van der Waals surface area (Å²) in [4.78, 5) is 23.3. The van der Waals surface area contributed by atoms with Gasteiger partial charge in [0.2, 0.25) is 5.91 Å². The van der Waals surface area contributed by atoms with Crippen molar-refractivity contribution >= 4 is 17.2 Å². The molecule has 0 saturated carbocycles. The van der Waals surface area contributed by atoms with Crippen molar-refractivity contribution in [3.8, 4) is 5.75 Å². The minimum Gasteiger partial charge on any atom is -0.492 e. The van der Waals surface area contributed by atoms with E-state index in [4.69, 9.17) is 4.74 Å². The molecule has 1 spiro atoms. The molecule has 4 heterocycles. The first-order valence-electron chi connectivity index (χ1n) is 8.18. The van der Waals surface area contributed by atoms with Crippen LogP contribution >= 0.6 is 11.3 Å². The second-order valence-electron chi connectivity index (χ2n) is 6.45. The molecule has 1 N–H and O–H groups in total. The van der Waals surface area contributed by atoms with Crippen LogP contribution in [-0.4, -0.2) is 47.0 Å². The highest BCUT2D eigenvalue weighted by Gasteiger charge is 2.54. The molecule has 2 aromatic rings. The van der Waals surface area contributed by atoms with E-state index in [0.29, 0.717) is 13.2 Å². The lowest BCUT2D eigenvalue weighted by molar-refractivity contribution is -0.128. The molecule has 0 aromatic carbocycles. The minimum atomic E-state index is -0.334. The number of thiazole rings is 1. The van der Waals surface area contributed by atoms with Crippen molar-refractivity contribution in [1.82, 2.24) is 20.2 Å². The van der Waals surface area contributed by atoms with Crippen LogP contribution in [0.3, 0.4) is 0 Å². The van der Waals surface area contributed by atoms with Crippen molar-refractivity contribution in [2.45, 2.75) is 13.0 Å². The van der Waals surface area contributed by atoms with Crippen LogP contribution in [0.25, 0.3) is 0 Å². The minimum absolute atomic E-state index is 0.170. The van der Waals surface area contributed by atoms with Crippen molar-refractivity contribution in [2.75, 3.05) is 26.2 Å². The largest absolute Gasteiger partial charge is 0.492 e. The maximum Gasteiger partial charge on any atom is 0.228 e. The lowest BCUT2D eigenvalue weighted by Crippen LogP contribution is -2.40. The molecule has 2 aliphatic heterocycles. The second-order valence-corrected chi connectivity index (χ2v) is 7.43. The van der Waals surface area contributed by atoms with E-state index in [0.717, 1.165) is 36.8 Å². The number of hydrogen-bond donors (Lipinski definition) is 1. The Labute approximate surface area is 144 Å². The van der Waals surface area contributed by atoms with E-state index < -0.39 is 0 Å². The Morgan fingerprint density at radius 3 is 3.21 bits per heavy atom. The smallest absolute Gasteiger partial charge is 0.228 e. The zero-order chi connectivity index (χ0) is 16.4. The molecule has 0 unspecified atom stereocenters. The van der Waals surface area contributed by atoms with Gasteiger partial charge in [-0.15, -0.1) is 11.3 Å². The fraction of sp³-hybridized carbons (Fsp3) is 0.471. The van der Waals surface area contributed by atoms with Crippen molar-refractivity contribution in [2.24, 2.45) is 11.3 Å². The molecule has 2 aliphatic rings. The highest BCUT2D eigenvalue weighted by molar-refractivity contribution is 7.09. The number of hydrogen-bond acceptors (Lipinski definition) is 6. The summed E-state index contributed by atoms with van der Waals surface area (Å²) in [6.07, 6.45) is 6.15.